The van der Waals surface area contributed by atoms with Crippen LogP contribution >= 0.6 is 7.60 Å². The van der Waals surface area contributed by atoms with E-state index >= 15 is 0 Å². The Morgan fingerprint density at radius 3 is 1.91 bits per heavy atom. The van der Waals surface area contributed by atoms with Crippen molar-refractivity contribution in [2.45, 2.75) is 63.8 Å². The quantitative estimate of drug-likeness (QED) is 0.179. The lowest BCUT2D eigenvalue weighted by molar-refractivity contribution is -0.139. The average molecular weight is 650 g/mol. The van der Waals surface area contributed by atoms with Crippen LogP contribution < -0.4 is 19.7 Å². The summed E-state index contributed by atoms with van der Waals surface area (Å²) in [6, 6.07) is 23.9. The van der Waals surface area contributed by atoms with Gasteiger partial charge in [-0.15, -0.1) is 0 Å². The number of nitrogens with zero attached hydrogens (tertiary/aromatic N) is 1. The molecule has 46 heavy (non-hydrogen) atoms. The maximum atomic E-state index is 14.8. The molecule has 3 aromatic rings. The molecule has 244 valence electrons. The summed E-state index contributed by atoms with van der Waals surface area (Å²) >= 11 is 0. The molecule has 0 bridgehead atoms. The summed E-state index contributed by atoms with van der Waals surface area (Å²) in [5.74, 6) is -2.90. The van der Waals surface area contributed by atoms with Crippen molar-refractivity contribution in [2.24, 2.45) is 5.92 Å². The minimum absolute atomic E-state index is 0.101. The Bertz CT molecular complexity index is 1480. The number of carbonyl (C=O) groups is 4. The predicted octanol–water partition coefficient (Wildman–Crippen LogP) is 5.66. The molecule has 1 fully saturated rings. The zero-order valence-electron chi connectivity index (χ0n) is 25.9. The number of carboxylic acids is 1. The smallest absolute Gasteiger partial charge is 0.453 e. The maximum Gasteiger partial charge on any atom is 0.453 e. The van der Waals surface area contributed by atoms with Crippen LogP contribution in [0.4, 0.5) is 4.79 Å². The van der Waals surface area contributed by atoms with Gasteiger partial charge in [-0.05, 0) is 48.6 Å². The minimum Gasteiger partial charge on any atom is -0.481 e. The molecule has 11 nitrogen and oxygen atoms in total. The van der Waals surface area contributed by atoms with Crippen molar-refractivity contribution in [1.82, 2.24) is 15.5 Å². The van der Waals surface area contributed by atoms with Crippen LogP contribution in [-0.2, 0) is 25.4 Å². The SMILES string of the molecule is CC(C)[C@H](NC(=O)CCC(=O)O)C(=O)C1CCCN1C(=O)NC(Cc1ccccc1)P(=O)(Oc1ccccc1)Oc1ccccc1. The van der Waals surface area contributed by atoms with E-state index in [4.69, 9.17) is 14.2 Å². The second-order valence-corrected chi connectivity index (χ2v) is 13.5. The number of nitrogens with one attached hydrogen (secondary N) is 2. The number of para-hydroxylation sites is 2. The second-order valence-electron chi connectivity index (χ2n) is 11.4. The van der Waals surface area contributed by atoms with Crippen molar-refractivity contribution in [3.8, 4) is 11.5 Å². The molecule has 1 heterocycles. The molecule has 12 heteroatoms. The number of Topliss-reactive ketones (excluding diaryl/α,β-unsaturated/α-hetero) is 1. The number of likely N-dealkylation sites (tertiary alicyclic amines) is 1. The van der Waals surface area contributed by atoms with Gasteiger partial charge in [-0.3, -0.25) is 14.4 Å². The first-order chi connectivity index (χ1) is 22.1. The van der Waals surface area contributed by atoms with Crippen molar-refractivity contribution in [1.29, 1.82) is 0 Å². The minimum atomic E-state index is -4.19. The van der Waals surface area contributed by atoms with Crippen molar-refractivity contribution < 1.29 is 37.9 Å². The van der Waals surface area contributed by atoms with Crippen LogP contribution in [0.2, 0.25) is 0 Å². The normalized spacial score (nSPS) is 15.9. The summed E-state index contributed by atoms with van der Waals surface area (Å²) in [5, 5.41) is 14.5. The summed E-state index contributed by atoms with van der Waals surface area (Å²) in [4.78, 5) is 52.5. The van der Waals surface area contributed by atoms with Gasteiger partial charge in [0.15, 0.2) is 11.6 Å². The highest BCUT2D eigenvalue weighted by atomic mass is 31.2. The Morgan fingerprint density at radius 1 is 0.848 bits per heavy atom. The predicted molar refractivity (Wildman–Crippen MR) is 173 cm³/mol. The zero-order chi connectivity index (χ0) is 33.1. The average Bonchev–Trinajstić information content (AvgIpc) is 3.54. The molecule has 1 aliphatic rings. The van der Waals surface area contributed by atoms with Crippen molar-refractivity contribution in [3.05, 3.63) is 96.6 Å². The number of hydrogen-bond acceptors (Lipinski definition) is 7. The first-order valence-corrected chi connectivity index (χ1v) is 16.9. The van der Waals surface area contributed by atoms with E-state index in [1.54, 1.807) is 74.5 Å². The van der Waals surface area contributed by atoms with Crippen LogP contribution in [0.15, 0.2) is 91.0 Å². The van der Waals surface area contributed by atoms with Gasteiger partial charge in [0.25, 0.3) is 0 Å². The molecule has 1 saturated heterocycles. The molecule has 3 aromatic carbocycles. The van der Waals surface area contributed by atoms with E-state index in [0.717, 1.165) is 5.56 Å². The van der Waals surface area contributed by atoms with Gasteiger partial charge >= 0.3 is 19.6 Å². The first-order valence-electron chi connectivity index (χ1n) is 15.3. The summed E-state index contributed by atoms with van der Waals surface area (Å²) in [7, 11) is -4.19. The summed E-state index contributed by atoms with van der Waals surface area (Å²) in [6.45, 7) is 3.81. The lowest BCUT2D eigenvalue weighted by Gasteiger charge is -2.32. The van der Waals surface area contributed by atoms with Crippen LogP contribution in [-0.4, -0.2) is 58.1 Å². The van der Waals surface area contributed by atoms with E-state index in [1.807, 2.05) is 30.3 Å². The van der Waals surface area contributed by atoms with Gasteiger partial charge in [-0.2, -0.15) is 0 Å². The molecule has 3 amide bonds. The Balaban J connectivity index is 1.61. The van der Waals surface area contributed by atoms with Gasteiger partial charge in [-0.25, -0.2) is 9.36 Å². The molecular formula is C34H40N3O8P. The molecule has 2 unspecified atom stereocenters. The van der Waals surface area contributed by atoms with Crippen molar-refractivity contribution in [2.75, 3.05) is 6.54 Å². The molecule has 3 atom stereocenters. The molecule has 1 aliphatic heterocycles. The largest absolute Gasteiger partial charge is 0.481 e. The van der Waals surface area contributed by atoms with Gasteiger partial charge in [0.1, 0.15) is 11.5 Å². The van der Waals surface area contributed by atoms with Gasteiger partial charge in [0.2, 0.25) is 5.91 Å². The van der Waals surface area contributed by atoms with Gasteiger partial charge in [-0.1, -0.05) is 80.6 Å². The third kappa shape index (κ3) is 9.44. The Morgan fingerprint density at radius 2 is 1.39 bits per heavy atom. The summed E-state index contributed by atoms with van der Waals surface area (Å²) in [5.41, 5.74) is 0.777. The van der Waals surface area contributed by atoms with Gasteiger partial charge in [0.05, 0.1) is 18.5 Å². The molecule has 4 rings (SSSR count). The molecule has 0 aromatic heterocycles. The van der Waals surface area contributed by atoms with E-state index in [-0.39, 0.29) is 37.5 Å². The fraction of sp³-hybridized carbons (Fsp3) is 0.353. The highest BCUT2D eigenvalue weighted by Gasteiger charge is 2.44. The topological polar surface area (TPSA) is 151 Å². The van der Waals surface area contributed by atoms with Crippen LogP contribution in [0.1, 0.15) is 45.1 Å². The third-order valence-electron chi connectivity index (χ3n) is 7.59. The van der Waals surface area contributed by atoms with E-state index in [2.05, 4.69) is 10.6 Å². The van der Waals surface area contributed by atoms with Crippen molar-refractivity contribution >= 4 is 31.3 Å². The number of ketones is 1. The zero-order valence-corrected chi connectivity index (χ0v) is 26.8. The highest BCUT2D eigenvalue weighted by molar-refractivity contribution is 7.55. The number of aliphatic carboxylic acids is 1. The van der Waals surface area contributed by atoms with Crippen LogP contribution in [0.25, 0.3) is 0 Å². The van der Waals surface area contributed by atoms with Crippen LogP contribution in [0, 0.1) is 5.92 Å². The number of benzene rings is 3. The molecule has 0 aliphatic carbocycles. The monoisotopic (exact) mass is 649 g/mol. The number of carboxylic acid groups (broad SMARTS) is 1. The van der Waals surface area contributed by atoms with E-state index < -0.39 is 43.4 Å². The van der Waals surface area contributed by atoms with Crippen LogP contribution in [0.3, 0.4) is 0 Å². The second kappa shape index (κ2) is 16.1. The first kappa shape index (κ1) is 34.2. The van der Waals surface area contributed by atoms with E-state index in [9.17, 15) is 23.7 Å². The molecule has 0 radical (unpaired) electrons. The number of carbonyl (C=O) groups excluding carboxylic acids is 3. The molecular weight excluding hydrogens is 609 g/mol. The maximum absolute atomic E-state index is 14.8. The van der Waals surface area contributed by atoms with Gasteiger partial charge < -0.3 is 29.7 Å². The molecule has 3 N–H and O–H groups in total. The third-order valence-corrected chi connectivity index (χ3v) is 9.60. The Kier molecular flexibility index (Phi) is 12.0. The number of urea groups is 1. The number of hydrogen-bond donors (Lipinski definition) is 3. The van der Waals surface area contributed by atoms with Gasteiger partial charge in [0, 0.05) is 19.4 Å². The molecule has 0 saturated carbocycles. The lowest BCUT2D eigenvalue weighted by Crippen LogP contribution is -2.55. The summed E-state index contributed by atoms with van der Waals surface area (Å²) in [6.07, 6.45) is 0.401. The summed E-state index contributed by atoms with van der Waals surface area (Å²) < 4.78 is 27.0. The Labute approximate surface area is 268 Å². The lowest BCUT2D eigenvalue weighted by atomic mass is 9.93. The Hall–Kier alpha value is -4.63. The van der Waals surface area contributed by atoms with E-state index in [0.29, 0.717) is 24.3 Å². The molecule has 0 spiro atoms. The van der Waals surface area contributed by atoms with E-state index in [1.165, 1.54) is 4.90 Å². The fourth-order valence-electron chi connectivity index (χ4n) is 5.25. The number of amides is 3. The number of rotatable bonds is 15. The van der Waals surface area contributed by atoms with Crippen molar-refractivity contribution in [3.63, 3.8) is 0 Å². The highest BCUT2D eigenvalue weighted by Crippen LogP contribution is 2.53. The fourth-order valence-corrected chi connectivity index (χ4v) is 7.08. The standard InChI is InChI=1S/C34H40N3O8P/c1-24(2)32(35-29(38)20-21-31(39)40)33(41)28-19-12-22-37(28)34(42)36-30(23-25-13-6-3-7-14-25)46(43,44-26-15-8-4-9-16-26)45-27-17-10-5-11-18-27/h3-11,13-18,24,28,30,32H,12,19-23H2,1-2H3,(H,35,38)(H,36,42)(H,39,40)/t28?,30?,32-/m0/s1. The van der Waals surface area contributed by atoms with Crippen LogP contribution in [0.5, 0.6) is 11.5 Å².